The van der Waals surface area contributed by atoms with Gasteiger partial charge in [0.1, 0.15) is 5.65 Å². The van der Waals surface area contributed by atoms with Crippen LogP contribution < -0.4 is 0 Å². The van der Waals surface area contributed by atoms with E-state index in [0.717, 1.165) is 40.4 Å². The van der Waals surface area contributed by atoms with Crippen molar-refractivity contribution in [3.05, 3.63) is 84.8 Å². The van der Waals surface area contributed by atoms with Crippen LogP contribution in [0, 0.1) is 6.92 Å². The van der Waals surface area contributed by atoms with E-state index < -0.39 is 0 Å². The molecule has 0 radical (unpaired) electrons. The summed E-state index contributed by atoms with van der Waals surface area (Å²) in [6, 6.07) is 14.5. The van der Waals surface area contributed by atoms with Gasteiger partial charge in [0.05, 0.1) is 36.2 Å². The molecule has 5 rings (SSSR count). The molecule has 5 aromatic rings. The molecule has 29 heavy (non-hydrogen) atoms. The molecule has 0 fully saturated rings. The van der Waals surface area contributed by atoms with Gasteiger partial charge in [0.2, 0.25) is 0 Å². The largest absolute Gasteiger partial charge is 0.324 e. The van der Waals surface area contributed by atoms with E-state index in [9.17, 15) is 0 Å². The molecule has 0 bridgehead atoms. The van der Waals surface area contributed by atoms with Crippen molar-refractivity contribution in [2.45, 2.75) is 26.9 Å². The number of pyridine rings is 1. The molecule has 0 saturated heterocycles. The number of nitrogens with zero attached hydrogens (tertiary/aromatic N) is 6. The first-order valence-electron chi connectivity index (χ1n) is 9.79. The zero-order valence-corrected chi connectivity index (χ0v) is 16.5. The maximum Gasteiger partial charge on any atom is 0.137 e. The number of hydrogen-bond donors (Lipinski definition) is 0. The number of hydrogen-bond acceptors (Lipinski definition) is 3. The van der Waals surface area contributed by atoms with Crippen LogP contribution in [-0.4, -0.2) is 28.7 Å². The molecule has 0 amide bonds. The van der Waals surface area contributed by atoms with Gasteiger partial charge in [-0.3, -0.25) is 4.68 Å². The molecule has 1 aromatic carbocycles. The van der Waals surface area contributed by atoms with Crippen LogP contribution in [0.2, 0.25) is 0 Å². The van der Waals surface area contributed by atoms with E-state index in [4.69, 9.17) is 9.97 Å². The zero-order chi connectivity index (χ0) is 19.8. The molecule has 0 unspecified atom stereocenters. The van der Waals surface area contributed by atoms with Gasteiger partial charge in [-0.2, -0.15) is 5.10 Å². The smallest absolute Gasteiger partial charge is 0.137 e. The number of aromatic nitrogens is 6. The minimum atomic E-state index is 0.646. The van der Waals surface area contributed by atoms with Gasteiger partial charge >= 0.3 is 0 Å². The Kier molecular flexibility index (Phi) is 4.24. The van der Waals surface area contributed by atoms with Crippen molar-refractivity contribution in [1.82, 2.24) is 28.7 Å². The van der Waals surface area contributed by atoms with Crippen molar-refractivity contribution in [3.8, 4) is 22.5 Å². The summed E-state index contributed by atoms with van der Waals surface area (Å²) in [5, 5.41) is 4.47. The summed E-state index contributed by atoms with van der Waals surface area (Å²) >= 11 is 0. The van der Waals surface area contributed by atoms with Crippen LogP contribution in [-0.2, 0) is 13.1 Å². The van der Waals surface area contributed by atoms with Gasteiger partial charge in [0.15, 0.2) is 0 Å². The summed E-state index contributed by atoms with van der Waals surface area (Å²) in [6.45, 7) is 5.65. The molecule has 4 heterocycles. The molecule has 0 N–H and O–H groups in total. The lowest BCUT2D eigenvalue weighted by atomic mass is 10.1. The summed E-state index contributed by atoms with van der Waals surface area (Å²) in [4.78, 5) is 9.55. The highest BCUT2D eigenvalue weighted by atomic mass is 15.3. The molecule has 6 nitrogen and oxygen atoms in total. The minimum absolute atomic E-state index is 0.646. The first-order chi connectivity index (χ1) is 14.2. The molecule has 0 aliphatic carbocycles. The van der Waals surface area contributed by atoms with Gasteiger partial charge in [0, 0.05) is 36.3 Å². The fraction of sp³-hybridized carbons (Fsp3) is 0.174. The van der Waals surface area contributed by atoms with E-state index in [1.807, 2.05) is 35.4 Å². The Morgan fingerprint density at radius 2 is 1.86 bits per heavy atom. The van der Waals surface area contributed by atoms with Gasteiger partial charge in [0.25, 0.3) is 0 Å². The second-order valence-corrected chi connectivity index (χ2v) is 7.22. The average molecular weight is 382 g/mol. The van der Waals surface area contributed by atoms with Crippen molar-refractivity contribution in [3.63, 3.8) is 0 Å². The fourth-order valence-corrected chi connectivity index (χ4v) is 3.66. The number of rotatable bonds is 5. The zero-order valence-electron chi connectivity index (χ0n) is 16.5. The van der Waals surface area contributed by atoms with Crippen LogP contribution in [0.3, 0.4) is 0 Å². The van der Waals surface area contributed by atoms with Crippen LogP contribution in [0.25, 0.3) is 28.2 Å². The number of imidazole rings is 2. The maximum absolute atomic E-state index is 4.80. The van der Waals surface area contributed by atoms with E-state index in [1.165, 1.54) is 5.56 Å². The number of fused-ring (bicyclic) bond motifs is 1. The Bertz CT molecular complexity index is 1280. The van der Waals surface area contributed by atoms with Crippen molar-refractivity contribution >= 4 is 5.65 Å². The highest BCUT2D eigenvalue weighted by Crippen LogP contribution is 2.31. The first-order valence-corrected chi connectivity index (χ1v) is 9.79. The van der Waals surface area contributed by atoms with Crippen LogP contribution in [0.1, 0.15) is 18.2 Å². The summed E-state index contributed by atoms with van der Waals surface area (Å²) in [7, 11) is 0. The number of benzene rings is 1. The quantitative estimate of drug-likeness (QED) is 0.452. The molecular formula is C23H22N6. The SMILES string of the molecule is CCn1cc(-c2c(-c3ccccc3)ncn2Cc2cn3ccc(C)cc3n2)cn1. The summed E-state index contributed by atoms with van der Waals surface area (Å²) in [5.74, 6) is 0. The fourth-order valence-electron chi connectivity index (χ4n) is 3.66. The van der Waals surface area contributed by atoms with Gasteiger partial charge < -0.3 is 8.97 Å². The Labute approximate surface area is 169 Å². The number of aryl methyl sites for hydroxylation is 2. The predicted molar refractivity (Wildman–Crippen MR) is 114 cm³/mol. The summed E-state index contributed by atoms with van der Waals surface area (Å²) < 4.78 is 6.16. The van der Waals surface area contributed by atoms with Gasteiger partial charge in [-0.1, -0.05) is 30.3 Å². The monoisotopic (exact) mass is 382 g/mol. The molecule has 0 spiro atoms. The molecule has 144 valence electrons. The third-order valence-corrected chi connectivity index (χ3v) is 5.11. The van der Waals surface area contributed by atoms with Crippen molar-refractivity contribution in [2.75, 3.05) is 0 Å². The third kappa shape index (κ3) is 3.23. The van der Waals surface area contributed by atoms with E-state index in [0.29, 0.717) is 6.54 Å². The molecule has 6 heteroatoms. The second-order valence-electron chi connectivity index (χ2n) is 7.22. The summed E-state index contributed by atoms with van der Waals surface area (Å²) in [6.07, 6.45) is 10.0. The van der Waals surface area contributed by atoms with Crippen LogP contribution in [0.5, 0.6) is 0 Å². The Morgan fingerprint density at radius 3 is 2.66 bits per heavy atom. The molecule has 0 saturated carbocycles. The first kappa shape index (κ1) is 17.4. The molecule has 4 aromatic heterocycles. The normalized spacial score (nSPS) is 11.4. The minimum Gasteiger partial charge on any atom is -0.324 e. The van der Waals surface area contributed by atoms with Crippen molar-refractivity contribution < 1.29 is 0 Å². The molecule has 0 atom stereocenters. The van der Waals surface area contributed by atoms with Crippen molar-refractivity contribution in [1.29, 1.82) is 0 Å². The van der Waals surface area contributed by atoms with E-state index in [-0.39, 0.29) is 0 Å². The maximum atomic E-state index is 4.80. The second kappa shape index (κ2) is 7.05. The topological polar surface area (TPSA) is 52.9 Å². The van der Waals surface area contributed by atoms with E-state index in [2.05, 4.69) is 70.8 Å². The van der Waals surface area contributed by atoms with Gasteiger partial charge in [-0.05, 0) is 31.5 Å². The third-order valence-electron chi connectivity index (χ3n) is 5.11. The Hall–Kier alpha value is -3.67. The molecule has 0 aliphatic rings. The average Bonchev–Trinajstić information content (AvgIpc) is 3.46. The van der Waals surface area contributed by atoms with Crippen LogP contribution in [0.4, 0.5) is 0 Å². The highest BCUT2D eigenvalue weighted by Gasteiger charge is 2.17. The Morgan fingerprint density at radius 1 is 1.00 bits per heavy atom. The lowest BCUT2D eigenvalue weighted by Gasteiger charge is -2.07. The van der Waals surface area contributed by atoms with Crippen LogP contribution >= 0.6 is 0 Å². The lowest BCUT2D eigenvalue weighted by molar-refractivity contribution is 0.660. The van der Waals surface area contributed by atoms with Gasteiger partial charge in [-0.15, -0.1) is 0 Å². The summed E-state index contributed by atoms with van der Waals surface area (Å²) in [5.41, 5.74) is 7.33. The predicted octanol–water partition coefficient (Wildman–Crippen LogP) is 4.44. The standard InChI is InChI=1S/C23H22N6/c1-3-29-13-19(12-25-29)23-22(18-7-5-4-6-8-18)24-16-28(23)15-20-14-27-10-9-17(2)11-21(27)26-20/h4-14,16H,3,15H2,1-2H3. The van der Waals surface area contributed by atoms with E-state index in [1.54, 1.807) is 0 Å². The molecule has 0 aliphatic heterocycles. The Balaban J connectivity index is 1.61. The van der Waals surface area contributed by atoms with Crippen molar-refractivity contribution in [2.24, 2.45) is 0 Å². The highest BCUT2D eigenvalue weighted by molar-refractivity contribution is 5.78. The lowest BCUT2D eigenvalue weighted by Crippen LogP contribution is -2.01. The molecular weight excluding hydrogens is 360 g/mol. The van der Waals surface area contributed by atoms with Gasteiger partial charge in [-0.25, -0.2) is 9.97 Å². The van der Waals surface area contributed by atoms with Crippen LogP contribution in [0.15, 0.2) is 73.6 Å². The van der Waals surface area contributed by atoms with E-state index >= 15 is 0 Å².